The molecule has 0 fully saturated rings. The van der Waals surface area contributed by atoms with Crippen LogP contribution in [0.4, 0.5) is 0 Å². The van der Waals surface area contributed by atoms with Crippen molar-refractivity contribution in [2.75, 3.05) is 13.7 Å². The maximum atomic E-state index is 8.78. The predicted octanol–water partition coefficient (Wildman–Crippen LogP) is 2.90. The van der Waals surface area contributed by atoms with Crippen LogP contribution in [0.15, 0.2) is 24.3 Å². The summed E-state index contributed by atoms with van der Waals surface area (Å²) in [5.74, 6) is 6.79. The van der Waals surface area contributed by atoms with Crippen molar-refractivity contribution in [3.8, 4) is 11.8 Å². The molecule has 0 aliphatic carbocycles. The molecule has 1 unspecified atom stereocenters. The van der Waals surface area contributed by atoms with Gasteiger partial charge in [-0.1, -0.05) is 43.9 Å². The Morgan fingerprint density at radius 2 is 1.89 bits per heavy atom. The standard InChI is InChI=1S/C17H25NO/c1-14(2)15(3)18(4)13-17-11-6-5-9-16(17)10-7-8-12-19/h5-6,9,11,14-15,19H,8,12-13H2,1-4H3. The lowest BCUT2D eigenvalue weighted by Crippen LogP contribution is -2.32. The van der Waals surface area contributed by atoms with Gasteiger partial charge in [-0.05, 0) is 31.5 Å². The van der Waals surface area contributed by atoms with Crippen molar-refractivity contribution < 1.29 is 5.11 Å². The van der Waals surface area contributed by atoms with Gasteiger partial charge in [0.1, 0.15) is 0 Å². The fourth-order valence-corrected chi connectivity index (χ4v) is 1.92. The van der Waals surface area contributed by atoms with Crippen molar-refractivity contribution >= 4 is 0 Å². The average Bonchev–Trinajstić information content (AvgIpc) is 2.39. The molecule has 0 saturated carbocycles. The lowest BCUT2D eigenvalue weighted by molar-refractivity contribution is 0.200. The summed E-state index contributed by atoms with van der Waals surface area (Å²) in [6.45, 7) is 7.77. The molecule has 0 aliphatic rings. The van der Waals surface area contributed by atoms with Crippen LogP contribution in [0.2, 0.25) is 0 Å². The highest BCUT2D eigenvalue weighted by Crippen LogP contribution is 2.15. The van der Waals surface area contributed by atoms with Crippen LogP contribution >= 0.6 is 0 Å². The second-order valence-electron chi connectivity index (χ2n) is 5.33. The van der Waals surface area contributed by atoms with E-state index in [2.05, 4.69) is 56.7 Å². The van der Waals surface area contributed by atoms with Crippen LogP contribution in [0, 0.1) is 17.8 Å². The molecule has 0 spiro atoms. The van der Waals surface area contributed by atoms with Gasteiger partial charge in [-0.15, -0.1) is 0 Å². The zero-order valence-corrected chi connectivity index (χ0v) is 12.5. The van der Waals surface area contributed by atoms with E-state index in [4.69, 9.17) is 5.11 Å². The summed E-state index contributed by atoms with van der Waals surface area (Å²) >= 11 is 0. The number of rotatable bonds is 5. The topological polar surface area (TPSA) is 23.5 Å². The zero-order valence-electron chi connectivity index (χ0n) is 12.5. The van der Waals surface area contributed by atoms with Crippen LogP contribution in [0.5, 0.6) is 0 Å². The molecule has 1 atom stereocenters. The third-order valence-electron chi connectivity index (χ3n) is 3.56. The molecule has 1 aromatic carbocycles. The first-order valence-corrected chi connectivity index (χ1v) is 6.94. The van der Waals surface area contributed by atoms with E-state index in [0.29, 0.717) is 18.4 Å². The van der Waals surface area contributed by atoms with Gasteiger partial charge in [-0.2, -0.15) is 0 Å². The van der Waals surface area contributed by atoms with Crippen molar-refractivity contribution in [2.24, 2.45) is 5.92 Å². The molecule has 0 aliphatic heterocycles. The molecule has 1 aromatic rings. The Hall–Kier alpha value is -1.30. The highest BCUT2D eigenvalue weighted by atomic mass is 16.2. The maximum Gasteiger partial charge on any atom is 0.0540 e. The maximum absolute atomic E-state index is 8.78. The van der Waals surface area contributed by atoms with Crippen LogP contribution in [0.3, 0.4) is 0 Å². The van der Waals surface area contributed by atoms with Gasteiger partial charge in [0.05, 0.1) is 6.61 Å². The van der Waals surface area contributed by atoms with Crippen molar-refractivity contribution in [1.29, 1.82) is 0 Å². The Kier molecular flexibility index (Phi) is 6.62. The van der Waals surface area contributed by atoms with Gasteiger partial charge in [0, 0.05) is 24.6 Å². The molecule has 104 valence electrons. The first kappa shape index (κ1) is 15.8. The summed E-state index contributed by atoms with van der Waals surface area (Å²) in [5.41, 5.74) is 2.32. The van der Waals surface area contributed by atoms with Gasteiger partial charge in [-0.3, -0.25) is 4.90 Å². The Labute approximate surface area is 117 Å². The fourth-order valence-electron chi connectivity index (χ4n) is 1.92. The van der Waals surface area contributed by atoms with E-state index in [1.54, 1.807) is 0 Å². The van der Waals surface area contributed by atoms with Crippen molar-refractivity contribution in [2.45, 2.75) is 39.8 Å². The monoisotopic (exact) mass is 259 g/mol. The average molecular weight is 259 g/mol. The largest absolute Gasteiger partial charge is 0.395 e. The second-order valence-corrected chi connectivity index (χ2v) is 5.33. The Bertz CT molecular complexity index is 442. The lowest BCUT2D eigenvalue weighted by atomic mass is 10.0. The summed E-state index contributed by atoms with van der Waals surface area (Å²) < 4.78 is 0. The number of aliphatic hydroxyl groups excluding tert-OH is 1. The minimum atomic E-state index is 0.124. The predicted molar refractivity (Wildman–Crippen MR) is 80.8 cm³/mol. The van der Waals surface area contributed by atoms with Crippen molar-refractivity contribution in [1.82, 2.24) is 4.90 Å². The Balaban J connectivity index is 2.81. The molecule has 0 amide bonds. The minimum Gasteiger partial charge on any atom is -0.395 e. The third-order valence-corrected chi connectivity index (χ3v) is 3.56. The van der Waals surface area contributed by atoms with Gasteiger partial charge in [0.15, 0.2) is 0 Å². The molecule has 2 heteroatoms. The van der Waals surface area contributed by atoms with Gasteiger partial charge in [0.25, 0.3) is 0 Å². The van der Waals surface area contributed by atoms with E-state index in [0.717, 1.165) is 12.1 Å². The highest BCUT2D eigenvalue weighted by Gasteiger charge is 2.14. The van der Waals surface area contributed by atoms with Gasteiger partial charge in [-0.25, -0.2) is 0 Å². The zero-order chi connectivity index (χ0) is 14.3. The van der Waals surface area contributed by atoms with E-state index in [1.165, 1.54) is 5.56 Å². The van der Waals surface area contributed by atoms with Crippen LogP contribution in [0.1, 0.15) is 38.3 Å². The summed E-state index contributed by atoms with van der Waals surface area (Å²) in [7, 11) is 2.16. The molecule has 0 heterocycles. The molecule has 0 radical (unpaired) electrons. The van der Waals surface area contributed by atoms with E-state index in [1.807, 2.05) is 12.1 Å². The summed E-state index contributed by atoms with van der Waals surface area (Å²) in [6.07, 6.45) is 0.534. The first-order valence-electron chi connectivity index (χ1n) is 6.94. The van der Waals surface area contributed by atoms with Crippen molar-refractivity contribution in [3.05, 3.63) is 35.4 Å². The molecule has 1 N–H and O–H groups in total. The number of benzene rings is 1. The molecule has 2 nitrogen and oxygen atoms in total. The van der Waals surface area contributed by atoms with E-state index < -0.39 is 0 Å². The quantitative estimate of drug-likeness (QED) is 0.822. The van der Waals surface area contributed by atoms with Gasteiger partial charge >= 0.3 is 0 Å². The number of hydrogen-bond donors (Lipinski definition) is 1. The van der Waals surface area contributed by atoms with E-state index in [9.17, 15) is 0 Å². The Morgan fingerprint density at radius 1 is 1.21 bits per heavy atom. The van der Waals surface area contributed by atoms with Gasteiger partial charge < -0.3 is 5.11 Å². The third kappa shape index (κ3) is 5.06. The SMILES string of the molecule is CC(C)C(C)N(C)Cc1ccccc1C#CCCO. The van der Waals surface area contributed by atoms with Crippen LogP contribution in [-0.2, 0) is 6.54 Å². The summed E-state index contributed by atoms with van der Waals surface area (Å²) in [4.78, 5) is 2.36. The molecular formula is C17H25NO. The molecule has 0 saturated heterocycles. The molecule has 19 heavy (non-hydrogen) atoms. The number of aliphatic hydroxyl groups is 1. The van der Waals surface area contributed by atoms with E-state index in [-0.39, 0.29) is 6.61 Å². The Morgan fingerprint density at radius 3 is 2.53 bits per heavy atom. The molecule has 0 aromatic heterocycles. The van der Waals surface area contributed by atoms with Crippen LogP contribution in [0.25, 0.3) is 0 Å². The smallest absolute Gasteiger partial charge is 0.0540 e. The highest BCUT2D eigenvalue weighted by molar-refractivity contribution is 5.41. The number of nitrogens with zero attached hydrogens (tertiary/aromatic N) is 1. The van der Waals surface area contributed by atoms with Gasteiger partial charge in [0.2, 0.25) is 0 Å². The minimum absolute atomic E-state index is 0.124. The van der Waals surface area contributed by atoms with E-state index >= 15 is 0 Å². The first-order chi connectivity index (χ1) is 9.06. The molecule has 0 bridgehead atoms. The molecule has 1 rings (SSSR count). The normalized spacial score (nSPS) is 12.4. The second kappa shape index (κ2) is 7.99. The summed E-state index contributed by atoms with van der Waals surface area (Å²) in [5, 5.41) is 8.78. The molecular weight excluding hydrogens is 234 g/mol. The van der Waals surface area contributed by atoms with Crippen LogP contribution in [-0.4, -0.2) is 29.7 Å². The lowest BCUT2D eigenvalue weighted by Gasteiger charge is -2.28. The number of hydrogen-bond acceptors (Lipinski definition) is 2. The van der Waals surface area contributed by atoms with Crippen LogP contribution < -0.4 is 0 Å². The fraction of sp³-hybridized carbons (Fsp3) is 0.529. The summed E-state index contributed by atoms with van der Waals surface area (Å²) in [6, 6.07) is 8.79. The van der Waals surface area contributed by atoms with Crippen molar-refractivity contribution in [3.63, 3.8) is 0 Å².